The molecule has 1 saturated carbocycles. The minimum atomic E-state index is -0.621. The largest absolute Gasteiger partial charge is 0.457 e. The number of hydrogen-bond acceptors (Lipinski definition) is 9. The topological polar surface area (TPSA) is 114 Å². The zero-order chi connectivity index (χ0) is 25.7. The summed E-state index contributed by atoms with van der Waals surface area (Å²) in [6.07, 6.45) is 6.37. The Morgan fingerprint density at radius 2 is 1.92 bits per heavy atom. The standard InChI is InChI=1S/C27H28N8O2/c1-16-9-17(5-8-23(16)37-19-6-7-22-20(10-19)31-15-34(22)3)32-25-24-21(29-14-30-25)13-28-26(33-24)35(4)18-11-27(2,36)12-18/h5-10,13-15,18,36H,11-12H2,1-4H3,(H,29,30,32)/t18-,27-. The van der Waals surface area contributed by atoms with Crippen LogP contribution in [0.2, 0.25) is 0 Å². The van der Waals surface area contributed by atoms with Crippen LogP contribution < -0.4 is 15.0 Å². The SMILES string of the molecule is Cc1cc(Nc2ncnc3cnc(N(C)[C@H]4C[C@](C)(O)C4)nc23)ccc1Oc1ccc2c(c1)ncn2C. The predicted octanol–water partition coefficient (Wildman–Crippen LogP) is 4.50. The molecule has 0 saturated heterocycles. The summed E-state index contributed by atoms with van der Waals surface area (Å²) in [6.45, 7) is 3.85. The van der Waals surface area contributed by atoms with Crippen LogP contribution in [-0.2, 0) is 7.05 Å². The molecule has 188 valence electrons. The van der Waals surface area contributed by atoms with E-state index in [1.54, 1.807) is 12.5 Å². The summed E-state index contributed by atoms with van der Waals surface area (Å²) in [4.78, 5) is 24.4. The van der Waals surface area contributed by atoms with Crippen molar-refractivity contribution in [3.8, 4) is 11.5 Å². The predicted molar refractivity (Wildman–Crippen MR) is 142 cm³/mol. The van der Waals surface area contributed by atoms with Gasteiger partial charge in [0.1, 0.15) is 28.9 Å². The van der Waals surface area contributed by atoms with Crippen molar-refractivity contribution in [2.45, 2.75) is 38.3 Å². The number of nitrogens with one attached hydrogen (secondary N) is 1. The van der Waals surface area contributed by atoms with Crippen molar-refractivity contribution in [3.05, 3.63) is 60.8 Å². The molecule has 0 bridgehead atoms. The second-order valence-corrected chi connectivity index (χ2v) is 10.0. The molecule has 6 rings (SSSR count). The van der Waals surface area contributed by atoms with Crippen molar-refractivity contribution in [1.82, 2.24) is 29.5 Å². The summed E-state index contributed by atoms with van der Waals surface area (Å²) in [5.74, 6) is 2.67. The average molecular weight is 497 g/mol. The minimum absolute atomic E-state index is 0.196. The van der Waals surface area contributed by atoms with Gasteiger partial charge in [-0.3, -0.25) is 0 Å². The summed E-state index contributed by atoms with van der Waals surface area (Å²) in [7, 11) is 3.92. The summed E-state index contributed by atoms with van der Waals surface area (Å²) in [5.41, 5.74) is 4.43. The van der Waals surface area contributed by atoms with Gasteiger partial charge in [-0.2, -0.15) is 0 Å². The number of hydrogen-bond donors (Lipinski definition) is 2. The molecule has 0 unspecified atom stereocenters. The van der Waals surface area contributed by atoms with Gasteiger partial charge in [-0.1, -0.05) is 0 Å². The number of rotatable bonds is 6. The van der Waals surface area contributed by atoms with E-state index in [0.29, 0.717) is 35.6 Å². The number of fused-ring (bicyclic) bond motifs is 2. The zero-order valence-corrected chi connectivity index (χ0v) is 21.2. The lowest BCUT2D eigenvalue weighted by Crippen LogP contribution is -2.52. The summed E-state index contributed by atoms with van der Waals surface area (Å²) >= 11 is 0. The zero-order valence-electron chi connectivity index (χ0n) is 21.2. The van der Waals surface area contributed by atoms with Crippen LogP contribution in [-0.4, -0.2) is 53.3 Å². The van der Waals surface area contributed by atoms with Crippen LogP contribution >= 0.6 is 0 Å². The van der Waals surface area contributed by atoms with Crippen molar-refractivity contribution in [3.63, 3.8) is 0 Å². The number of benzene rings is 2. The molecular formula is C27H28N8O2. The average Bonchev–Trinajstić information content (AvgIpc) is 3.23. The van der Waals surface area contributed by atoms with Gasteiger partial charge in [-0.25, -0.2) is 24.9 Å². The monoisotopic (exact) mass is 496 g/mol. The number of nitrogens with zero attached hydrogens (tertiary/aromatic N) is 7. The van der Waals surface area contributed by atoms with Crippen LogP contribution in [0, 0.1) is 6.92 Å². The normalized spacial score (nSPS) is 19.1. The Morgan fingerprint density at radius 1 is 1.08 bits per heavy atom. The second kappa shape index (κ2) is 8.67. The number of anilines is 3. The van der Waals surface area contributed by atoms with Crippen LogP contribution in [0.1, 0.15) is 25.3 Å². The summed E-state index contributed by atoms with van der Waals surface area (Å²) in [5, 5.41) is 13.5. The Morgan fingerprint density at radius 3 is 2.70 bits per heavy atom. The van der Waals surface area contributed by atoms with Gasteiger partial charge >= 0.3 is 0 Å². The molecule has 10 heteroatoms. The van der Waals surface area contributed by atoms with E-state index in [1.807, 2.05) is 73.8 Å². The van der Waals surface area contributed by atoms with Gasteiger partial charge in [-0.05, 0) is 62.6 Å². The lowest BCUT2D eigenvalue weighted by Gasteiger charge is -2.45. The summed E-state index contributed by atoms with van der Waals surface area (Å²) < 4.78 is 8.13. The van der Waals surface area contributed by atoms with E-state index in [1.165, 1.54) is 6.33 Å². The smallest absolute Gasteiger partial charge is 0.226 e. The third-order valence-electron chi connectivity index (χ3n) is 6.94. The maximum atomic E-state index is 10.1. The Balaban J connectivity index is 1.23. The van der Waals surface area contributed by atoms with E-state index in [0.717, 1.165) is 33.8 Å². The van der Waals surface area contributed by atoms with Crippen LogP contribution in [0.4, 0.5) is 17.5 Å². The third kappa shape index (κ3) is 4.40. The highest BCUT2D eigenvalue weighted by molar-refractivity contribution is 5.87. The lowest BCUT2D eigenvalue weighted by molar-refractivity contribution is -0.0301. The first-order valence-electron chi connectivity index (χ1n) is 12.2. The molecule has 3 heterocycles. The molecule has 1 aliphatic carbocycles. The molecule has 1 aliphatic rings. The van der Waals surface area contributed by atoms with Crippen LogP contribution in [0.15, 0.2) is 55.2 Å². The quantitative estimate of drug-likeness (QED) is 0.351. The van der Waals surface area contributed by atoms with Gasteiger partial charge in [0.2, 0.25) is 5.95 Å². The molecule has 10 nitrogen and oxygen atoms in total. The van der Waals surface area contributed by atoms with E-state index in [-0.39, 0.29) is 6.04 Å². The van der Waals surface area contributed by atoms with Crippen LogP contribution in [0.25, 0.3) is 22.1 Å². The van der Waals surface area contributed by atoms with E-state index in [4.69, 9.17) is 9.72 Å². The molecular weight excluding hydrogens is 468 g/mol. The maximum Gasteiger partial charge on any atom is 0.226 e. The number of aliphatic hydroxyl groups is 1. The van der Waals surface area contributed by atoms with Gasteiger partial charge in [0, 0.05) is 31.9 Å². The van der Waals surface area contributed by atoms with Gasteiger partial charge in [-0.15, -0.1) is 0 Å². The first-order chi connectivity index (χ1) is 17.8. The Labute approximate surface area is 214 Å². The minimum Gasteiger partial charge on any atom is -0.457 e. The van der Waals surface area contributed by atoms with Crippen molar-refractivity contribution in [2.75, 3.05) is 17.3 Å². The molecule has 3 aromatic heterocycles. The molecule has 2 N–H and O–H groups in total. The fourth-order valence-electron chi connectivity index (χ4n) is 4.78. The van der Waals surface area contributed by atoms with Gasteiger partial charge in [0.15, 0.2) is 5.82 Å². The molecule has 0 spiro atoms. The molecule has 0 radical (unpaired) electrons. The summed E-state index contributed by atoms with van der Waals surface area (Å²) in [6, 6.07) is 12.0. The maximum absolute atomic E-state index is 10.1. The highest BCUT2D eigenvalue weighted by Gasteiger charge is 2.41. The number of ether oxygens (including phenoxy) is 1. The van der Waals surface area contributed by atoms with E-state index in [2.05, 4.69) is 25.3 Å². The highest BCUT2D eigenvalue weighted by Crippen LogP contribution is 2.36. The van der Waals surface area contributed by atoms with E-state index >= 15 is 0 Å². The Hall–Kier alpha value is -4.31. The first-order valence-corrected chi connectivity index (χ1v) is 12.2. The molecule has 1 fully saturated rings. The van der Waals surface area contributed by atoms with E-state index in [9.17, 15) is 5.11 Å². The number of imidazole rings is 1. The van der Waals surface area contributed by atoms with Crippen molar-refractivity contribution in [1.29, 1.82) is 0 Å². The Bertz CT molecular complexity index is 1620. The molecule has 2 aromatic carbocycles. The first kappa shape index (κ1) is 23.1. The molecule has 37 heavy (non-hydrogen) atoms. The molecule has 0 amide bonds. The second-order valence-electron chi connectivity index (χ2n) is 10.0. The Kier molecular flexibility index (Phi) is 5.41. The number of aryl methyl sites for hydroxylation is 2. The molecule has 0 aliphatic heterocycles. The van der Waals surface area contributed by atoms with E-state index < -0.39 is 5.60 Å². The molecule has 5 aromatic rings. The fraction of sp³-hybridized carbons (Fsp3) is 0.296. The fourth-order valence-corrected chi connectivity index (χ4v) is 4.78. The number of aromatic nitrogens is 6. The lowest BCUT2D eigenvalue weighted by atomic mass is 9.76. The third-order valence-corrected chi connectivity index (χ3v) is 6.94. The highest BCUT2D eigenvalue weighted by atomic mass is 16.5. The van der Waals surface area contributed by atoms with Crippen molar-refractivity contribution >= 4 is 39.5 Å². The van der Waals surface area contributed by atoms with Gasteiger partial charge in [0.25, 0.3) is 0 Å². The molecule has 0 atom stereocenters. The van der Waals surface area contributed by atoms with Crippen LogP contribution in [0.5, 0.6) is 11.5 Å². The van der Waals surface area contributed by atoms with Crippen molar-refractivity contribution in [2.24, 2.45) is 7.05 Å². The van der Waals surface area contributed by atoms with Gasteiger partial charge < -0.3 is 24.6 Å². The van der Waals surface area contributed by atoms with Gasteiger partial charge in [0.05, 0.1) is 29.2 Å². The van der Waals surface area contributed by atoms with Crippen LogP contribution in [0.3, 0.4) is 0 Å². The van der Waals surface area contributed by atoms with Crippen molar-refractivity contribution < 1.29 is 9.84 Å².